The Morgan fingerprint density at radius 3 is 2.86 bits per heavy atom. The minimum absolute atomic E-state index is 0.325. The van der Waals surface area contributed by atoms with Gasteiger partial charge in [0.25, 0.3) is 0 Å². The molecule has 0 fully saturated rings. The van der Waals surface area contributed by atoms with E-state index in [0.29, 0.717) is 23.3 Å². The van der Waals surface area contributed by atoms with Gasteiger partial charge in [-0.05, 0) is 75.2 Å². The Kier molecular flexibility index (Phi) is 7.09. The maximum absolute atomic E-state index is 11.9. The summed E-state index contributed by atoms with van der Waals surface area (Å²) in [5.74, 6) is -0.325. The van der Waals surface area contributed by atoms with Crippen molar-refractivity contribution in [1.29, 1.82) is 0 Å². The zero-order valence-electron chi connectivity index (χ0n) is 17.3. The summed E-state index contributed by atoms with van der Waals surface area (Å²) in [6.45, 7) is 8.19. The number of esters is 1. The molecular weight excluding hydrogens is 382 g/mol. The van der Waals surface area contributed by atoms with Crippen LogP contribution in [0.4, 0.5) is 11.4 Å². The Morgan fingerprint density at radius 2 is 2.07 bits per heavy atom. The molecule has 1 atom stereocenters. The van der Waals surface area contributed by atoms with Crippen LogP contribution in [0, 0.1) is 6.92 Å². The second-order valence-corrected chi connectivity index (χ2v) is 7.77. The first-order valence-corrected chi connectivity index (χ1v) is 10.6. The zero-order chi connectivity index (χ0) is 20.8. The predicted octanol–water partition coefficient (Wildman–Crippen LogP) is 4.30. The number of para-hydroxylation sites is 1. The Hall–Kier alpha value is -2.60. The molecule has 2 aromatic carbocycles. The molecule has 1 aliphatic heterocycles. The number of benzene rings is 2. The number of nitrogens with one attached hydrogen (secondary N) is 2. The van der Waals surface area contributed by atoms with Crippen molar-refractivity contribution < 1.29 is 9.53 Å². The molecule has 3 rings (SSSR count). The van der Waals surface area contributed by atoms with Crippen molar-refractivity contribution in [2.75, 3.05) is 29.9 Å². The van der Waals surface area contributed by atoms with Crippen molar-refractivity contribution in [2.24, 2.45) is 0 Å². The molecule has 0 saturated heterocycles. The quantitative estimate of drug-likeness (QED) is 0.403. The van der Waals surface area contributed by atoms with E-state index in [1.807, 2.05) is 13.0 Å². The zero-order valence-corrected chi connectivity index (χ0v) is 18.1. The smallest absolute Gasteiger partial charge is 0.338 e. The second kappa shape index (κ2) is 9.74. The van der Waals surface area contributed by atoms with Gasteiger partial charge < -0.3 is 20.3 Å². The van der Waals surface area contributed by atoms with E-state index < -0.39 is 0 Å². The van der Waals surface area contributed by atoms with Crippen LogP contribution in [-0.2, 0) is 11.2 Å². The van der Waals surface area contributed by atoms with Crippen LogP contribution in [0.3, 0.4) is 0 Å². The van der Waals surface area contributed by atoms with Gasteiger partial charge in [-0.2, -0.15) is 0 Å². The average Bonchev–Trinajstić information content (AvgIpc) is 3.02. The number of carbonyl (C=O) groups excluding carboxylic acids is 1. The van der Waals surface area contributed by atoms with Crippen LogP contribution in [0.5, 0.6) is 0 Å². The lowest BCUT2D eigenvalue weighted by atomic mass is 10.1. The number of thiocarbonyl (C=S) groups is 1. The molecule has 2 N–H and O–H groups in total. The number of ether oxygens (including phenoxy) is 1. The third-order valence-electron chi connectivity index (χ3n) is 5.21. The summed E-state index contributed by atoms with van der Waals surface area (Å²) in [5, 5.41) is 7.03. The van der Waals surface area contributed by atoms with Crippen LogP contribution in [0.25, 0.3) is 0 Å². The highest BCUT2D eigenvalue weighted by Gasteiger charge is 2.24. The van der Waals surface area contributed by atoms with E-state index in [1.165, 1.54) is 11.3 Å². The van der Waals surface area contributed by atoms with Gasteiger partial charge >= 0.3 is 5.97 Å². The van der Waals surface area contributed by atoms with E-state index in [1.54, 1.807) is 19.1 Å². The number of hydrogen-bond donors (Lipinski definition) is 2. The lowest BCUT2D eigenvalue weighted by Gasteiger charge is -2.25. The molecule has 29 heavy (non-hydrogen) atoms. The maximum Gasteiger partial charge on any atom is 0.338 e. The maximum atomic E-state index is 11.9. The molecule has 0 spiro atoms. The highest BCUT2D eigenvalue weighted by molar-refractivity contribution is 7.80. The molecule has 5 nitrogen and oxygen atoms in total. The highest BCUT2D eigenvalue weighted by Crippen LogP contribution is 2.31. The van der Waals surface area contributed by atoms with Gasteiger partial charge in [0.1, 0.15) is 0 Å². The van der Waals surface area contributed by atoms with Crippen molar-refractivity contribution >= 4 is 34.7 Å². The van der Waals surface area contributed by atoms with Gasteiger partial charge in [0.05, 0.1) is 12.2 Å². The van der Waals surface area contributed by atoms with Gasteiger partial charge in [-0.15, -0.1) is 0 Å². The van der Waals surface area contributed by atoms with Crippen molar-refractivity contribution in [2.45, 2.75) is 39.7 Å². The molecule has 1 unspecified atom stereocenters. The molecule has 0 bridgehead atoms. The number of nitrogens with zero attached hydrogens (tertiary/aromatic N) is 1. The summed E-state index contributed by atoms with van der Waals surface area (Å²) in [6, 6.07) is 14.6. The van der Waals surface area contributed by atoms with Crippen LogP contribution in [0.1, 0.15) is 41.8 Å². The standard InChI is InChI=1S/C23H29N3O2S/c1-4-28-22(27)19-11-10-16(2)20(15-19)25-23(29)24-12-7-13-26-17(3)14-18-8-5-6-9-21(18)26/h5-6,8-11,15,17H,4,7,12-14H2,1-3H3,(H2,24,25,29). The van der Waals surface area contributed by atoms with Crippen molar-refractivity contribution in [1.82, 2.24) is 5.32 Å². The molecule has 0 radical (unpaired) electrons. The number of fused-ring (bicyclic) bond motifs is 1. The van der Waals surface area contributed by atoms with E-state index >= 15 is 0 Å². The number of rotatable bonds is 7. The van der Waals surface area contributed by atoms with E-state index in [-0.39, 0.29) is 5.97 Å². The topological polar surface area (TPSA) is 53.6 Å². The molecule has 154 valence electrons. The molecule has 1 aliphatic rings. The van der Waals surface area contributed by atoms with E-state index in [4.69, 9.17) is 17.0 Å². The Labute approximate surface area is 178 Å². The minimum atomic E-state index is -0.325. The Balaban J connectivity index is 1.48. The van der Waals surface area contributed by atoms with Crippen molar-refractivity contribution in [3.8, 4) is 0 Å². The first-order chi connectivity index (χ1) is 14.0. The fourth-order valence-corrected chi connectivity index (χ4v) is 3.90. The van der Waals surface area contributed by atoms with Crippen molar-refractivity contribution in [3.05, 3.63) is 59.2 Å². The van der Waals surface area contributed by atoms with E-state index in [2.05, 4.69) is 46.7 Å². The molecule has 1 heterocycles. The van der Waals surface area contributed by atoms with Crippen LogP contribution in [0.2, 0.25) is 0 Å². The lowest BCUT2D eigenvalue weighted by molar-refractivity contribution is 0.0526. The minimum Gasteiger partial charge on any atom is -0.462 e. The van der Waals surface area contributed by atoms with Crippen LogP contribution in [-0.4, -0.2) is 36.8 Å². The monoisotopic (exact) mass is 411 g/mol. The Bertz CT molecular complexity index is 884. The van der Waals surface area contributed by atoms with Gasteiger partial charge in [-0.3, -0.25) is 0 Å². The predicted molar refractivity (Wildman–Crippen MR) is 123 cm³/mol. The first-order valence-electron chi connectivity index (χ1n) is 10.2. The lowest BCUT2D eigenvalue weighted by Crippen LogP contribution is -2.34. The number of anilines is 2. The molecule has 0 amide bonds. The number of aryl methyl sites for hydroxylation is 1. The Morgan fingerprint density at radius 1 is 1.28 bits per heavy atom. The summed E-state index contributed by atoms with van der Waals surface area (Å²) >= 11 is 5.44. The second-order valence-electron chi connectivity index (χ2n) is 7.36. The summed E-state index contributed by atoms with van der Waals surface area (Å²) in [4.78, 5) is 14.4. The van der Waals surface area contributed by atoms with Gasteiger partial charge in [0.2, 0.25) is 0 Å². The summed E-state index contributed by atoms with van der Waals surface area (Å²) in [7, 11) is 0. The van der Waals surface area contributed by atoms with Gasteiger partial charge in [0, 0.05) is 30.5 Å². The highest BCUT2D eigenvalue weighted by atomic mass is 32.1. The van der Waals surface area contributed by atoms with Crippen LogP contribution in [0.15, 0.2) is 42.5 Å². The van der Waals surface area contributed by atoms with Crippen molar-refractivity contribution in [3.63, 3.8) is 0 Å². The van der Waals surface area contributed by atoms with E-state index in [0.717, 1.165) is 37.2 Å². The fraction of sp³-hybridized carbons (Fsp3) is 0.391. The summed E-state index contributed by atoms with van der Waals surface area (Å²) in [5.41, 5.74) is 5.14. The molecular formula is C23H29N3O2S. The van der Waals surface area contributed by atoms with Gasteiger partial charge in [-0.1, -0.05) is 24.3 Å². The van der Waals surface area contributed by atoms with Crippen LogP contribution < -0.4 is 15.5 Å². The molecule has 6 heteroatoms. The molecule has 0 saturated carbocycles. The third kappa shape index (κ3) is 5.26. The van der Waals surface area contributed by atoms with E-state index in [9.17, 15) is 4.79 Å². The third-order valence-corrected chi connectivity index (χ3v) is 5.45. The molecule has 0 aromatic heterocycles. The normalized spacial score (nSPS) is 15.0. The van der Waals surface area contributed by atoms with Crippen LogP contribution >= 0.6 is 12.2 Å². The molecule has 0 aliphatic carbocycles. The first kappa shape index (κ1) is 21.1. The largest absolute Gasteiger partial charge is 0.462 e. The van der Waals surface area contributed by atoms with Gasteiger partial charge in [-0.25, -0.2) is 4.79 Å². The molecule has 2 aromatic rings. The SMILES string of the molecule is CCOC(=O)c1ccc(C)c(NC(=S)NCCCN2c3ccccc3CC2C)c1. The summed E-state index contributed by atoms with van der Waals surface area (Å²) in [6.07, 6.45) is 2.10. The number of carbonyl (C=O) groups is 1. The average molecular weight is 412 g/mol. The fourth-order valence-electron chi connectivity index (χ4n) is 3.69. The van der Waals surface area contributed by atoms with Gasteiger partial charge in [0.15, 0.2) is 5.11 Å². The number of hydrogen-bond acceptors (Lipinski definition) is 4. The summed E-state index contributed by atoms with van der Waals surface area (Å²) < 4.78 is 5.07.